The molecule has 1 rings (SSSR count). The molecule has 0 spiro atoms. The third-order valence-electron chi connectivity index (χ3n) is 5.56. The predicted octanol–water partition coefficient (Wildman–Crippen LogP) is 6.82. The van der Waals surface area contributed by atoms with E-state index in [2.05, 4.69) is 51.1 Å². The van der Waals surface area contributed by atoms with Crippen molar-refractivity contribution in [2.45, 2.75) is 103 Å². The van der Waals surface area contributed by atoms with E-state index < -0.39 is 0 Å². The standard InChI is InChI=1S/C22H39N/c1-4-7-8-9-10-11-12-16-19-21(22(23,5-2)6-3)20-17-14-13-15-18-20/h13-15,17-18,21H,4-12,16,19,23H2,1-3H3. The third-order valence-corrected chi connectivity index (χ3v) is 5.56. The molecule has 0 fully saturated rings. The molecule has 1 nitrogen and oxygen atoms in total. The van der Waals surface area contributed by atoms with Crippen molar-refractivity contribution in [3.05, 3.63) is 35.9 Å². The molecule has 0 aliphatic carbocycles. The van der Waals surface area contributed by atoms with Gasteiger partial charge in [0.15, 0.2) is 0 Å². The van der Waals surface area contributed by atoms with Crippen LogP contribution in [0.3, 0.4) is 0 Å². The Morgan fingerprint density at radius 2 is 1.30 bits per heavy atom. The van der Waals surface area contributed by atoms with Crippen molar-refractivity contribution in [2.24, 2.45) is 5.73 Å². The summed E-state index contributed by atoms with van der Waals surface area (Å²) in [5.41, 5.74) is 8.15. The maximum absolute atomic E-state index is 6.77. The van der Waals surface area contributed by atoms with Crippen LogP contribution < -0.4 is 5.73 Å². The van der Waals surface area contributed by atoms with E-state index in [1.54, 1.807) is 0 Å². The summed E-state index contributed by atoms with van der Waals surface area (Å²) in [5.74, 6) is 0.499. The molecule has 0 aliphatic heterocycles. The molecule has 1 atom stereocenters. The molecule has 0 saturated heterocycles. The van der Waals surface area contributed by atoms with Gasteiger partial charge in [0.2, 0.25) is 0 Å². The molecular weight excluding hydrogens is 278 g/mol. The van der Waals surface area contributed by atoms with Gasteiger partial charge in [0.05, 0.1) is 0 Å². The van der Waals surface area contributed by atoms with Crippen molar-refractivity contribution < 1.29 is 0 Å². The monoisotopic (exact) mass is 317 g/mol. The Bertz CT molecular complexity index is 380. The highest BCUT2D eigenvalue weighted by Crippen LogP contribution is 2.36. The summed E-state index contributed by atoms with van der Waals surface area (Å²) in [6.45, 7) is 6.77. The molecule has 0 radical (unpaired) electrons. The van der Waals surface area contributed by atoms with E-state index in [0.717, 1.165) is 12.8 Å². The number of hydrogen-bond acceptors (Lipinski definition) is 1. The summed E-state index contributed by atoms with van der Waals surface area (Å²) in [6, 6.07) is 10.9. The van der Waals surface area contributed by atoms with Crippen LogP contribution in [0.25, 0.3) is 0 Å². The zero-order valence-corrected chi connectivity index (χ0v) is 15.8. The van der Waals surface area contributed by atoms with E-state index in [1.165, 1.54) is 63.4 Å². The zero-order chi connectivity index (χ0) is 17.0. The van der Waals surface area contributed by atoms with E-state index in [0.29, 0.717) is 5.92 Å². The highest BCUT2D eigenvalue weighted by atomic mass is 14.8. The van der Waals surface area contributed by atoms with E-state index >= 15 is 0 Å². The van der Waals surface area contributed by atoms with Crippen LogP contribution in [0.5, 0.6) is 0 Å². The summed E-state index contributed by atoms with van der Waals surface area (Å²) in [6.07, 6.45) is 14.4. The van der Waals surface area contributed by atoms with E-state index in [9.17, 15) is 0 Å². The Morgan fingerprint density at radius 3 is 1.83 bits per heavy atom. The fourth-order valence-electron chi connectivity index (χ4n) is 3.70. The fourth-order valence-corrected chi connectivity index (χ4v) is 3.70. The van der Waals surface area contributed by atoms with Gasteiger partial charge in [-0.2, -0.15) is 0 Å². The fraction of sp³-hybridized carbons (Fsp3) is 0.727. The van der Waals surface area contributed by atoms with E-state index in [-0.39, 0.29) is 5.54 Å². The van der Waals surface area contributed by atoms with Gasteiger partial charge in [0, 0.05) is 11.5 Å². The Labute approximate surface area is 145 Å². The van der Waals surface area contributed by atoms with Crippen molar-refractivity contribution in [1.29, 1.82) is 0 Å². The maximum atomic E-state index is 6.77. The van der Waals surface area contributed by atoms with Crippen LogP contribution >= 0.6 is 0 Å². The average molecular weight is 318 g/mol. The number of unbranched alkanes of at least 4 members (excludes halogenated alkanes) is 7. The second-order valence-corrected chi connectivity index (χ2v) is 7.17. The topological polar surface area (TPSA) is 26.0 Å². The van der Waals surface area contributed by atoms with Crippen LogP contribution in [0.2, 0.25) is 0 Å². The molecule has 0 heterocycles. The normalized spacial score (nSPS) is 13.2. The van der Waals surface area contributed by atoms with Gasteiger partial charge < -0.3 is 5.73 Å². The Hall–Kier alpha value is -0.820. The highest BCUT2D eigenvalue weighted by Gasteiger charge is 2.32. The lowest BCUT2D eigenvalue weighted by atomic mass is 9.73. The minimum Gasteiger partial charge on any atom is -0.325 e. The first kappa shape index (κ1) is 20.2. The first-order valence-corrected chi connectivity index (χ1v) is 10.0. The molecule has 0 aromatic heterocycles. The van der Waals surface area contributed by atoms with Crippen LogP contribution in [0, 0.1) is 0 Å². The number of rotatable bonds is 13. The molecule has 0 bridgehead atoms. The van der Waals surface area contributed by atoms with E-state index in [1.807, 2.05) is 0 Å². The molecule has 1 heteroatoms. The second kappa shape index (κ2) is 11.7. The van der Waals surface area contributed by atoms with Gasteiger partial charge in [-0.1, -0.05) is 102 Å². The summed E-state index contributed by atoms with van der Waals surface area (Å²) in [4.78, 5) is 0. The van der Waals surface area contributed by atoms with Crippen LogP contribution in [0.1, 0.15) is 103 Å². The van der Waals surface area contributed by atoms with Gasteiger partial charge >= 0.3 is 0 Å². The van der Waals surface area contributed by atoms with Crippen molar-refractivity contribution in [3.63, 3.8) is 0 Å². The largest absolute Gasteiger partial charge is 0.325 e. The molecule has 1 aromatic rings. The molecule has 0 saturated carbocycles. The minimum absolute atomic E-state index is 0.0531. The minimum atomic E-state index is -0.0531. The summed E-state index contributed by atoms with van der Waals surface area (Å²) < 4.78 is 0. The van der Waals surface area contributed by atoms with Crippen molar-refractivity contribution >= 4 is 0 Å². The summed E-state index contributed by atoms with van der Waals surface area (Å²) >= 11 is 0. The molecular formula is C22H39N. The Kier molecular flexibility index (Phi) is 10.3. The van der Waals surface area contributed by atoms with Crippen LogP contribution in [0.15, 0.2) is 30.3 Å². The molecule has 23 heavy (non-hydrogen) atoms. The van der Waals surface area contributed by atoms with Gasteiger partial charge in [-0.25, -0.2) is 0 Å². The SMILES string of the molecule is CCCCCCCCCCC(c1ccccc1)C(N)(CC)CC. The van der Waals surface area contributed by atoms with Gasteiger partial charge in [0.1, 0.15) is 0 Å². The quantitative estimate of drug-likeness (QED) is 0.397. The molecule has 1 unspecified atom stereocenters. The average Bonchev–Trinajstić information content (AvgIpc) is 2.60. The van der Waals surface area contributed by atoms with Crippen LogP contribution in [-0.2, 0) is 0 Å². The molecule has 1 aromatic carbocycles. The zero-order valence-electron chi connectivity index (χ0n) is 15.8. The number of benzene rings is 1. The van der Waals surface area contributed by atoms with Gasteiger partial charge in [-0.15, -0.1) is 0 Å². The summed E-state index contributed by atoms with van der Waals surface area (Å²) in [5, 5.41) is 0. The van der Waals surface area contributed by atoms with Gasteiger partial charge in [0.25, 0.3) is 0 Å². The highest BCUT2D eigenvalue weighted by molar-refractivity contribution is 5.23. The Balaban J connectivity index is 2.46. The smallest absolute Gasteiger partial charge is 0.0218 e. The van der Waals surface area contributed by atoms with Crippen molar-refractivity contribution in [3.8, 4) is 0 Å². The summed E-state index contributed by atoms with van der Waals surface area (Å²) in [7, 11) is 0. The lowest BCUT2D eigenvalue weighted by Crippen LogP contribution is -2.44. The van der Waals surface area contributed by atoms with Crippen LogP contribution in [0.4, 0.5) is 0 Å². The Morgan fingerprint density at radius 1 is 0.783 bits per heavy atom. The van der Waals surface area contributed by atoms with Crippen molar-refractivity contribution in [1.82, 2.24) is 0 Å². The predicted molar refractivity (Wildman–Crippen MR) is 104 cm³/mol. The number of nitrogens with two attached hydrogens (primary N) is 1. The molecule has 132 valence electrons. The molecule has 2 N–H and O–H groups in total. The van der Waals surface area contributed by atoms with E-state index in [4.69, 9.17) is 5.73 Å². The van der Waals surface area contributed by atoms with Crippen LogP contribution in [-0.4, -0.2) is 5.54 Å². The lowest BCUT2D eigenvalue weighted by Gasteiger charge is -2.37. The number of hydrogen-bond donors (Lipinski definition) is 1. The van der Waals surface area contributed by atoms with Gasteiger partial charge in [-0.05, 0) is 24.8 Å². The first-order valence-electron chi connectivity index (χ1n) is 10.0. The molecule has 0 aliphatic rings. The maximum Gasteiger partial charge on any atom is 0.0218 e. The second-order valence-electron chi connectivity index (χ2n) is 7.17. The van der Waals surface area contributed by atoms with Crippen molar-refractivity contribution in [2.75, 3.05) is 0 Å². The first-order chi connectivity index (χ1) is 11.2. The lowest BCUT2D eigenvalue weighted by molar-refractivity contribution is 0.300. The molecule has 0 amide bonds. The van der Waals surface area contributed by atoms with Gasteiger partial charge in [-0.3, -0.25) is 0 Å². The third kappa shape index (κ3) is 7.08.